The molecule has 3 unspecified atom stereocenters. The first-order chi connectivity index (χ1) is 15.0. The molecule has 0 bridgehead atoms. The van der Waals surface area contributed by atoms with Crippen LogP contribution in [0, 0.1) is 11.7 Å². The molecule has 1 saturated heterocycles. The molecule has 1 aliphatic rings. The summed E-state index contributed by atoms with van der Waals surface area (Å²) < 4.78 is 14.9. The number of aromatic nitrogens is 3. The number of halogens is 1. The van der Waals surface area contributed by atoms with E-state index in [2.05, 4.69) is 20.7 Å². The monoisotopic (exact) mass is 424 g/mol. The predicted octanol–water partition coefficient (Wildman–Crippen LogP) is 1.92. The highest BCUT2D eigenvalue weighted by atomic mass is 19.1. The van der Waals surface area contributed by atoms with Crippen LogP contribution in [0.4, 0.5) is 4.39 Å². The van der Waals surface area contributed by atoms with Crippen LogP contribution in [0.15, 0.2) is 42.9 Å². The topological polar surface area (TPSA) is 115 Å². The summed E-state index contributed by atoms with van der Waals surface area (Å²) >= 11 is 0. The second-order valence-electron chi connectivity index (χ2n) is 7.83. The Morgan fingerprint density at radius 1 is 1.29 bits per heavy atom. The number of carbonyl (C=O) groups is 2. The summed E-state index contributed by atoms with van der Waals surface area (Å²) in [6.07, 6.45) is 6.95. The minimum Gasteiger partial charge on any atom is -0.368 e. The van der Waals surface area contributed by atoms with Crippen LogP contribution in [0.25, 0.3) is 16.6 Å². The molecule has 8 nitrogen and oxygen atoms in total. The van der Waals surface area contributed by atoms with Crippen molar-refractivity contribution in [3.63, 3.8) is 0 Å². The first-order valence-corrected chi connectivity index (χ1v) is 10.4. The number of hydrogen-bond acceptors (Lipinski definition) is 5. The molecule has 1 aliphatic heterocycles. The minimum absolute atomic E-state index is 0.0844. The van der Waals surface area contributed by atoms with Crippen molar-refractivity contribution in [1.82, 2.24) is 25.4 Å². The summed E-state index contributed by atoms with van der Waals surface area (Å²) in [6.45, 7) is 2.70. The van der Waals surface area contributed by atoms with Gasteiger partial charge in [0.05, 0.1) is 35.2 Å². The quantitative estimate of drug-likeness (QED) is 0.559. The SMILES string of the molecule is CCC(NC(=O)c1cncc2c1cnn2-c1ccc(F)cc1)C1CCNC(C(N)=O)C1. The van der Waals surface area contributed by atoms with E-state index in [0.717, 1.165) is 12.8 Å². The third-order valence-corrected chi connectivity index (χ3v) is 5.93. The van der Waals surface area contributed by atoms with E-state index in [9.17, 15) is 14.0 Å². The van der Waals surface area contributed by atoms with Crippen LogP contribution in [0.2, 0.25) is 0 Å². The van der Waals surface area contributed by atoms with Crippen molar-refractivity contribution in [2.45, 2.75) is 38.3 Å². The van der Waals surface area contributed by atoms with Crippen LogP contribution in [0.1, 0.15) is 36.5 Å². The molecule has 3 aromatic rings. The fraction of sp³-hybridized carbons (Fsp3) is 0.364. The molecule has 1 fully saturated rings. The van der Waals surface area contributed by atoms with Gasteiger partial charge in [-0.05, 0) is 56.0 Å². The minimum atomic E-state index is -0.372. The van der Waals surface area contributed by atoms with Crippen molar-refractivity contribution >= 4 is 22.7 Å². The Kier molecular flexibility index (Phi) is 5.94. The van der Waals surface area contributed by atoms with E-state index in [-0.39, 0.29) is 35.6 Å². The van der Waals surface area contributed by atoms with Gasteiger partial charge in [-0.25, -0.2) is 9.07 Å². The van der Waals surface area contributed by atoms with Gasteiger partial charge in [0.2, 0.25) is 5.91 Å². The molecule has 3 heterocycles. The smallest absolute Gasteiger partial charge is 0.253 e. The summed E-state index contributed by atoms with van der Waals surface area (Å²) in [5.41, 5.74) is 7.21. The molecule has 9 heteroatoms. The van der Waals surface area contributed by atoms with Gasteiger partial charge in [-0.3, -0.25) is 14.6 Å². The van der Waals surface area contributed by atoms with Crippen LogP contribution in [0.5, 0.6) is 0 Å². The Balaban J connectivity index is 1.57. The number of amides is 2. The molecule has 4 N–H and O–H groups in total. The zero-order valence-electron chi connectivity index (χ0n) is 17.2. The van der Waals surface area contributed by atoms with Gasteiger partial charge in [0.1, 0.15) is 5.82 Å². The maximum Gasteiger partial charge on any atom is 0.253 e. The van der Waals surface area contributed by atoms with Crippen LogP contribution < -0.4 is 16.4 Å². The fourth-order valence-electron chi connectivity index (χ4n) is 4.24. The fourth-order valence-corrected chi connectivity index (χ4v) is 4.24. The van der Waals surface area contributed by atoms with E-state index in [1.165, 1.54) is 18.3 Å². The van der Waals surface area contributed by atoms with Crippen molar-refractivity contribution < 1.29 is 14.0 Å². The standard InChI is InChI=1S/C22H25FN6O2/c1-2-18(13-7-8-26-19(9-13)21(24)30)28-22(31)17-10-25-12-20-16(17)11-27-29(20)15-5-3-14(23)4-6-15/h3-6,10-13,18-19,26H,2,7-9H2,1H3,(H2,24,30)(H,28,31). The Morgan fingerprint density at radius 2 is 2.06 bits per heavy atom. The van der Waals surface area contributed by atoms with Gasteiger partial charge in [0, 0.05) is 17.6 Å². The van der Waals surface area contributed by atoms with Gasteiger partial charge < -0.3 is 16.4 Å². The molecule has 2 amide bonds. The van der Waals surface area contributed by atoms with Gasteiger partial charge in [-0.15, -0.1) is 0 Å². The van der Waals surface area contributed by atoms with E-state index in [4.69, 9.17) is 5.73 Å². The molecule has 31 heavy (non-hydrogen) atoms. The van der Waals surface area contributed by atoms with Crippen molar-refractivity contribution in [3.8, 4) is 5.69 Å². The summed E-state index contributed by atoms with van der Waals surface area (Å²) in [7, 11) is 0. The molecule has 0 aliphatic carbocycles. The van der Waals surface area contributed by atoms with Crippen molar-refractivity contribution in [3.05, 3.63) is 54.2 Å². The maximum absolute atomic E-state index is 13.3. The average molecular weight is 424 g/mol. The molecule has 0 radical (unpaired) electrons. The van der Waals surface area contributed by atoms with Crippen LogP contribution in [0.3, 0.4) is 0 Å². The Hall–Kier alpha value is -3.33. The van der Waals surface area contributed by atoms with Crippen molar-refractivity contribution in [1.29, 1.82) is 0 Å². The lowest BCUT2D eigenvalue weighted by molar-refractivity contribution is -0.121. The number of benzene rings is 1. The largest absolute Gasteiger partial charge is 0.368 e. The van der Waals surface area contributed by atoms with Gasteiger partial charge in [-0.1, -0.05) is 6.92 Å². The third kappa shape index (κ3) is 4.27. The number of carbonyl (C=O) groups excluding carboxylic acids is 2. The lowest BCUT2D eigenvalue weighted by atomic mass is 9.84. The Bertz CT molecular complexity index is 1100. The number of rotatable bonds is 6. The number of hydrogen-bond donors (Lipinski definition) is 3. The van der Waals surface area contributed by atoms with E-state index in [1.54, 1.807) is 29.2 Å². The van der Waals surface area contributed by atoms with Gasteiger partial charge in [0.25, 0.3) is 5.91 Å². The lowest BCUT2D eigenvalue weighted by Gasteiger charge is -2.34. The first-order valence-electron chi connectivity index (χ1n) is 10.4. The summed E-state index contributed by atoms with van der Waals surface area (Å²) in [5, 5.41) is 11.3. The second-order valence-corrected chi connectivity index (χ2v) is 7.83. The zero-order valence-corrected chi connectivity index (χ0v) is 17.2. The number of pyridine rings is 1. The number of nitrogens with zero attached hydrogens (tertiary/aromatic N) is 3. The van der Waals surface area contributed by atoms with E-state index in [0.29, 0.717) is 35.1 Å². The Morgan fingerprint density at radius 3 is 2.77 bits per heavy atom. The predicted molar refractivity (Wildman–Crippen MR) is 114 cm³/mol. The maximum atomic E-state index is 13.3. The molecule has 3 atom stereocenters. The molecule has 1 aromatic carbocycles. The summed E-state index contributed by atoms with van der Waals surface area (Å²) in [6, 6.07) is 5.50. The van der Waals surface area contributed by atoms with E-state index < -0.39 is 0 Å². The van der Waals surface area contributed by atoms with E-state index >= 15 is 0 Å². The summed E-state index contributed by atoms with van der Waals surface area (Å²) in [4.78, 5) is 28.9. The zero-order chi connectivity index (χ0) is 22.0. The molecular formula is C22H25FN6O2. The number of primary amides is 1. The highest BCUT2D eigenvalue weighted by Crippen LogP contribution is 2.24. The molecule has 2 aromatic heterocycles. The molecule has 4 rings (SSSR count). The Labute approximate surface area is 179 Å². The van der Waals surface area contributed by atoms with Crippen molar-refractivity contribution in [2.24, 2.45) is 11.7 Å². The average Bonchev–Trinajstić information content (AvgIpc) is 3.22. The van der Waals surface area contributed by atoms with Gasteiger partial charge >= 0.3 is 0 Å². The molecule has 0 saturated carbocycles. The highest BCUT2D eigenvalue weighted by Gasteiger charge is 2.31. The third-order valence-electron chi connectivity index (χ3n) is 5.93. The normalized spacial score (nSPS) is 19.8. The molecular weight excluding hydrogens is 399 g/mol. The first kappa shape index (κ1) is 20.9. The second kappa shape index (κ2) is 8.81. The number of fused-ring (bicyclic) bond motifs is 1. The number of nitrogens with two attached hydrogens (primary N) is 1. The van der Waals surface area contributed by atoms with Crippen LogP contribution in [-0.4, -0.2) is 45.2 Å². The molecule has 0 spiro atoms. The van der Waals surface area contributed by atoms with Crippen LogP contribution >= 0.6 is 0 Å². The molecule has 162 valence electrons. The number of nitrogens with one attached hydrogen (secondary N) is 2. The van der Waals surface area contributed by atoms with Gasteiger partial charge in [-0.2, -0.15) is 5.10 Å². The van der Waals surface area contributed by atoms with Gasteiger partial charge in [0.15, 0.2) is 0 Å². The van der Waals surface area contributed by atoms with Crippen molar-refractivity contribution in [2.75, 3.05) is 6.54 Å². The van der Waals surface area contributed by atoms with E-state index in [1.807, 2.05) is 6.92 Å². The lowest BCUT2D eigenvalue weighted by Crippen LogP contribution is -2.51. The van der Waals surface area contributed by atoms with Crippen LogP contribution in [-0.2, 0) is 4.79 Å². The number of piperidine rings is 1. The highest BCUT2D eigenvalue weighted by molar-refractivity contribution is 6.06. The summed E-state index contributed by atoms with van der Waals surface area (Å²) in [5.74, 6) is -0.784.